The van der Waals surface area contributed by atoms with Crippen molar-refractivity contribution in [3.63, 3.8) is 0 Å². The molecular formula is C5H10N4O4. The number of hydrazine groups is 3. The van der Waals surface area contributed by atoms with E-state index in [9.17, 15) is 9.59 Å². The van der Waals surface area contributed by atoms with Crippen molar-refractivity contribution >= 4 is 12.1 Å². The predicted octanol–water partition coefficient (Wildman–Crippen LogP) is -1.96. The summed E-state index contributed by atoms with van der Waals surface area (Å²) in [7, 11) is 1.26. The Morgan fingerprint density at radius 2 is 2.31 bits per heavy atom. The van der Waals surface area contributed by atoms with Crippen molar-refractivity contribution in [3.05, 3.63) is 0 Å². The summed E-state index contributed by atoms with van der Waals surface area (Å²) in [5, 5.41) is 9.17. The van der Waals surface area contributed by atoms with Crippen molar-refractivity contribution in [2.75, 3.05) is 13.7 Å². The lowest BCUT2D eigenvalue weighted by molar-refractivity contribution is -0.145. The van der Waals surface area contributed by atoms with E-state index >= 15 is 0 Å². The van der Waals surface area contributed by atoms with Crippen molar-refractivity contribution in [1.82, 2.24) is 21.5 Å². The maximum Gasteiger partial charge on any atom is 0.438 e. The van der Waals surface area contributed by atoms with Gasteiger partial charge in [0.15, 0.2) is 0 Å². The maximum absolute atomic E-state index is 10.9. The third-order valence-corrected chi connectivity index (χ3v) is 1.48. The van der Waals surface area contributed by atoms with Gasteiger partial charge in [0, 0.05) is 6.54 Å². The first kappa shape index (κ1) is 9.71. The molecule has 0 aliphatic carbocycles. The molecule has 0 bridgehead atoms. The Hall–Kier alpha value is -1.38. The molecule has 0 aromatic rings. The van der Waals surface area contributed by atoms with Gasteiger partial charge in [-0.25, -0.2) is 15.6 Å². The van der Waals surface area contributed by atoms with E-state index in [1.165, 1.54) is 7.11 Å². The zero-order chi connectivity index (χ0) is 9.84. The Kier molecular flexibility index (Phi) is 3.01. The Morgan fingerprint density at radius 3 is 2.69 bits per heavy atom. The van der Waals surface area contributed by atoms with E-state index in [2.05, 4.69) is 21.1 Å². The number of ether oxygens (including phenoxy) is 1. The van der Waals surface area contributed by atoms with E-state index in [4.69, 9.17) is 5.11 Å². The average molecular weight is 190 g/mol. The summed E-state index contributed by atoms with van der Waals surface area (Å²) in [6.07, 6.45) is -1.20. The minimum absolute atomic E-state index is 0.145. The van der Waals surface area contributed by atoms with Gasteiger partial charge in [-0.05, 0) is 0 Å². The van der Waals surface area contributed by atoms with Crippen molar-refractivity contribution in [2.45, 2.75) is 6.04 Å². The number of hydrogen-bond acceptors (Lipinski definition) is 6. The molecule has 0 aromatic heterocycles. The van der Waals surface area contributed by atoms with Crippen LogP contribution in [0.3, 0.4) is 0 Å². The van der Waals surface area contributed by atoms with E-state index in [-0.39, 0.29) is 6.54 Å². The molecule has 1 heterocycles. The molecule has 0 aromatic carbocycles. The normalized spacial score (nSPS) is 22.5. The van der Waals surface area contributed by atoms with Crippen molar-refractivity contribution in [1.29, 1.82) is 0 Å². The molecular weight excluding hydrogens is 180 g/mol. The molecule has 0 radical (unpaired) electrons. The summed E-state index contributed by atoms with van der Waals surface area (Å²) in [6, 6.07) is -0.597. The monoisotopic (exact) mass is 190 g/mol. The molecule has 1 unspecified atom stereocenters. The van der Waals surface area contributed by atoms with Gasteiger partial charge < -0.3 is 9.84 Å². The summed E-state index contributed by atoms with van der Waals surface area (Å²) < 4.78 is 4.44. The van der Waals surface area contributed by atoms with Crippen LogP contribution in [0.15, 0.2) is 0 Å². The van der Waals surface area contributed by atoms with Gasteiger partial charge in [0.1, 0.15) is 6.04 Å². The quantitative estimate of drug-likeness (QED) is 0.356. The molecule has 1 fully saturated rings. The lowest BCUT2D eigenvalue weighted by Crippen LogP contribution is -2.68. The number of carbonyl (C=O) groups is 2. The Morgan fingerprint density at radius 1 is 1.62 bits per heavy atom. The molecule has 8 heteroatoms. The fourth-order valence-corrected chi connectivity index (χ4v) is 0.816. The van der Waals surface area contributed by atoms with Crippen LogP contribution in [-0.4, -0.2) is 42.0 Å². The van der Waals surface area contributed by atoms with Gasteiger partial charge >= 0.3 is 12.1 Å². The minimum atomic E-state index is -1.20. The number of nitrogens with one attached hydrogen (secondary N) is 3. The molecule has 8 nitrogen and oxygen atoms in total. The molecule has 0 saturated carbocycles. The molecule has 1 atom stereocenters. The van der Waals surface area contributed by atoms with Gasteiger partial charge in [-0.1, -0.05) is 0 Å². The van der Waals surface area contributed by atoms with Gasteiger partial charge in [0.2, 0.25) is 0 Å². The highest BCUT2D eigenvalue weighted by Crippen LogP contribution is 1.91. The van der Waals surface area contributed by atoms with Crippen molar-refractivity contribution in [3.8, 4) is 0 Å². The number of carboxylic acid groups (broad SMARTS) is 1. The first-order valence-electron chi connectivity index (χ1n) is 3.50. The fraction of sp³-hybridized carbons (Fsp3) is 0.600. The lowest BCUT2D eigenvalue weighted by atomic mass is 10.3. The van der Waals surface area contributed by atoms with Gasteiger partial charge in [-0.15, -0.1) is 5.53 Å². The second kappa shape index (κ2) is 4.03. The van der Waals surface area contributed by atoms with Crippen LogP contribution < -0.4 is 16.4 Å². The molecule has 13 heavy (non-hydrogen) atoms. The van der Waals surface area contributed by atoms with E-state index < -0.39 is 18.1 Å². The number of esters is 1. The molecule has 1 aliphatic rings. The first-order valence-corrected chi connectivity index (χ1v) is 3.50. The SMILES string of the molecule is COC(=O)C1CNN(C(=O)O)NN1. The van der Waals surface area contributed by atoms with Gasteiger partial charge in [-0.2, -0.15) is 5.12 Å². The summed E-state index contributed by atoms with van der Waals surface area (Å²) in [6.45, 7) is 0.145. The molecule has 74 valence electrons. The third-order valence-electron chi connectivity index (χ3n) is 1.48. The Labute approximate surface area is 73.7 Å². The highest BCUT2D eigenvalue weighted by atomic mass is 16.5. The Balaban J connectivity index is 2.39. The van der Waals surface area contributed by atoms with E-state index in [1.807, 2.05) is 0 Å². The van der Waals surface area contributed by atoms with Crippen LogP contribution in [0.5, 0.6) is 0 Å². The van der Waals surface area contributed by atoms with E-state index in [0.717, 1.165) is 0 Å². The van der Waals surface area contributed by atoms with Gasteiger partial charge in [0.05, 0.1) is 7.11 Å². The molecule has 1 saturated heterocycles. The smallest absolute Gasteiger partial charge is 0.438 e. The second-order valence-electron chi connectivity index (χ2n) is 2.31. The summed E-state index contributed by atoms with van der Waals surface area (Å²) in [5.74, 6) is -0.468. The minimum Gasteiger partial charge on any atom is -0.468 e. The van der Waals surface area contributed by atoms with Crippen LogP contribution in [0.25, 0.3) is 0 Å². The molecule has 0 spiro atoms. The first-order chi connectivity index (χ1) is 6.15. The number of nitrogens with zero attached hydrogens (tertiary/aromatic N) is 1. The number of rotatable bonds is 1. The zero-order valence-electron chi connectivity index (χ0n) is 6.90. The van der Waals surface area contributed by atoms with E-state index in [0.29, 0.717) is 5.12 Å². The second-order valence-corrected chi connectivity index (χ2v) is 2.31. The molecule has 1 rings (SSSR count). The predicted molar refractivity (Wildman–Crippen MR) is 39.9 cm³/mol. The molecule has 4 N–H and O–H groups in total. The van der Waals surface area contributed by atoms with Gasteiger partial charge in [0.25, 0.3) is 0 Å². The Bertz CT molecular complexity index is 213. The van der Waals surface area contributed by atoms with Crippen LogP contribution >= 0.6 is 0 Å². The van der Waals surface area contributed by atoms with Crippen LogP contribution in [0.1, 0.15) is 0 Å². The summed E-state index contributed by atoms with van der Waals surface area (Å²) >= 11 is 0. The zero-order valence-corrected chi connectivity index (χ0v) is 6.90. The average Bonchev–Trinajstić information content (AvgIpc) is 2.17. The standard InChI is InChI=1S/C5H10N4O4/c1-13-4(10)3-2-6-9(5(11)12)8-7-3/h3,6-8H,2H2,1H3,(H,11,12). The van der Waals surface area contributed by atoms with E-state index in [1.54, 1.807) is 0 Å². The third kappa shape index (κ3) is 2.28. The van der Waals surface area contributed by atoms with Crippen molar-refractivity contribution in [2.24, 2.45) is 0 Å². The number of amides is 1. The topological polar surface area (TPSA) is 103 Å². The van der Waals surface area contributed by atoms with Crippen LogP contribution in [0.4, 0.5) is 4.79 Å². The number of hydrogen-bond donors (Lipinski definition) is 4. The highest BCUT2D eigenvalue weighted by molar-refractivity contribution is 5.76. The summed E-state index contributed by atoms with van der Waals surface area (Å²) in [4.78, 5) is 21.3. The molecule has 1 aliphatic heterocycles. The van der Waals surface area contributed by atoms with Crippen LogP contribution in [-0.2, 0) is 9.53 Å². The number of carbonyl (C=O) groups excluding carboxylic acids is 1. The molecule has 1 amide bonds. The number of methoxy groups -OCH3 is 1. The summed E-state index contributed by atoms with van der Waals surface area (Å²) in [5.41, 5.74) is 7.16. The van der Waals surface area contributed by atoms with Gasteiger partial charge in [-0.3, -0.25) is 4.79 Å². The lowest BCUT2D eigenvalue weighted by Gasteiger charge is -2.30. The maximum atomic E-state index is 10.9. The van der Waals surface area contributed by atoms with Crippen LogP contribution in [0.2, 0.25) is 0 Å². The van der Waals surface area contributed by atoms with Crippen LogP contribution in [0, 0.1) is 0 Å². The largest absolute Gasteiger partial charge is 0.468 e. The van der Waals surface area contributed by atoms with Crippen molar-refractivity contribution < 1.29 is 19.4 Å². The highest BCUT2D eigenvalue weighted by Gasteiger charge is 2.26. The fourth-order valence-electron chi connectivity index (χ4n) is 0.816.